The molecule has 0 saturated carbocycles. The van der Waals surface area contributed by atoms with Gasteiger partial charge in [-0.3, -0.25) is 14.6 Å². The second-order valence-electron chi connectivity index (χ2n) is 7.92. The Morgan fingerprint density at radius 3 is 2.47 bits per heavy atom. The summed E-state index contributed by atoms with van der Waals surface area (Å²) in [5, 5.41) is 6.04. The van der Waals surface area contributed by atoms with Crippen LogP contribution in [0.15, 0.2) is 72.8 Å². The molecule has 0 saturated heterocycles. The molecule has 0 aliphatic carbocycles. The summed E-state index contributed by atoms with van der Waals surface area (Å²) in [5.74, 6) is -0.290. The molecule has 1 N–H and O–H groups in total. The maximum absolute atomic E-state index is 13.5. The molecule has 0 fully saturated rings. The zero-order valence-corrected chi connectivity index (χ0v) is 16.8. The number of hydrogen-bond donors (Lipinski definition) is 1. The van der Waals surface area contributed by atoms with Crippen molar-refractivity contribution in [2.24, 2.45) is 0 Å². The van der Waals surface area contributed by atoms with Crippen LogP contribution in [0.2, 0.25) is 0 Å². The van der Waals surface area contributed by atoms with Crippen LogP contribution in [0.1, 0.15) is 23.0 Å². The van der Waals surface area contributed by atoms with Crippen molar-refractivity contribution < 1.29 is 9.59 Å². The van der Waals surface area contributed by atoms with Gasteiger partial charge < -0.3 is 10.2 Å². The standard InChI is InChI=1S/C25H21N3O2/c1-25(15-26-23(29)16-9-4-3-5-10-16)22-21-18(17-11-6-7-13-19(17)27-22)12-8-14-20(21)28(2)24(25)30/h3-14H,15H2,1-2H3,(H,26,29). The largest absolute Gasteiger partial charge is 0.351 e. The third kappa shape index (κ3) is 2.59. The molecule has 0 bridgehead atoms. The number of pyridine rings is 1. The van der Waals surface area contributed by atoms with Crippen LogP contribution in [-0.4, -0.2) is 30.4 Å². The minimum atomic E-state index is -0.976. The van der Waals surface area contributed by atoms with E-state index >= 15 is 0 Å². The number of anilines is 1. The number of fused-ring (bicyclic) bond motifs is 2. The second-order valence-corrected chi connectivity index (χ2v) is 7.92. The number of para-hydroxylation sites is 1. The Balaban J connectivity index is 1.67. The maximum atomic E-state index is 13.5. The molecule has 5 heteroatoms. The Kier molecular flexibility index (Phi) is 4.07. The first-order valence-corrected chi connectivity index (χ1v) is 9.94. The number of nitrogens with zero attached hydrogens (tertiary/aromatic N) is 2. The van der Waals surface area contributed by atoms with Gasteiger partial charge >= 0.3 is 0 Å². The summed E-state index contributed by atoms with van der Waals surface area (Å²) in [6.45, 7) is 2.03. The van der Waals surface area contributed by atoms with Crippen molar-refractivity contribution in [1.82, 2.24) is 10.3 Å². The second kappa shape index (κ2) is 6.66. The molecule has 1 aliphatic rings. The van der Waals surface area contributed by atoms with Crippen molar-refractivity contribution in [3.63, 3.8) is 0 Å². The molecule has 1 atom stereocenters. The maximum Gasteiger partial charge on any atom is 0.251 e. The Morgan fingerprint density at radius 1 is 0.967 bits per heavy atom. The molecule has 2 amide bonds. The summed E-state index contributed by atoms with van der Waals surface area (Å²) in [4.78, 5) is 32.7. The zero-order chi connectivity index (χ0) is 20.9. The highest BCUT2D eigenvalue weighted by molar-refractivity contribution is 6.19. The lowest BCUT2D eigenvalue weighted by Crippen LogP contribution is -2.53. The van der Waals surface area contributed by atoms with Gasteiger partial charge in [0.25, 0.3) is 5.91 Å². The number of nitrogens with one attached hydrogen (secondary N) is 1. The van der Waals surface area contributed by atoms with E-state index in [9.17, 15) is 9.59 Å². The highest BCUT2D eigenvalue weighted by Gasteiger charge is 2.45. The van der Waals surface area contributed by atoms with Crippen LogP contribution >= 0.6 is 0 Å². The van der Waals surface area contributed by atoms with E-state index in [1.54, 1.807) is 24.1 Å². The quantitative estimate of drug-likeness (QED) is 0.532. The Hall–Kier alpha value is -3.73. The minimum Gasteiger partial charge on any atom is -0.351 e. The van der Waals surface area contributed by atoms with Crippen molar-refractivity contribution in [1.29, 1.82) is 0 Å². The van der Waals surface area contributed by atoms with E-state index in [0.29, 0.717) is 11.3 Å². The molecule has 148 valence electrons. The molecule has 2 heterocycles. The lowest BCUT2D eigenvalue weighted by molar-refractivity contribution is -0.123. The molecule has 5 rings (SSSR count). The van der Waals surface area contributed by atoms with E-state index in [0.717, 1.165) is 27.4 Å². The van der Waals surface area contributed by atoms with E-state index in [1.807, 2.05) is 55.5 Å². The van der Waals surface area contributed by atoms with E-state index in [4.69, 9.17) is 4.98 Å². The van der Waals surface area contributed by atoms with Crippen molar-refractivity contribution in [3.8, 4) is 0 Å². The normalized spacial score (nSPS) is 18.1. The van der Waals surface area contributed by atoms with Crippen molar-refractivity contribution in [2.45, 2.75) is 12.3 Å². The number of benzene rings is 3. The average Bonchev–Trinajstić information content (AvgIpc) is 2.80. The van der Waals surface area contributed by atoms with Crippen LogP contribution in [0, 0.1) is 0 Å². The van der Waals surface area contributed by atoms with Crippen molar-refractivity contribution >= 4 is 39.2 Å². The zero-order valence-electron chi connectivity index (χ0n) is 16.8. The van der Waals surface area contributed by atoms with Gasteiger partial charge in [-0.05, 0) is 36.6 Å². The molecule has 30 heavy (non-hydrogen) atoms. The first-order chi connectivity index (χ1) is 14.5. The lowest BCUT2D eigenvalue weighted by Gasteiger charge is -2.38. The number of amides is 2. The Labute approximate surface area is 174 Å². The molecule has 0 radical (unpaired) electrons. The summed E-state index contributed by atoms with van der Waals surface area (Å²) < 4.78 is 0. The first kappa shape index (κ1) is 18.3. The fourth-order valence-electron chi connectivity index (χ4n) is 4.36. The molecule has 0 spiro atoms. The molecular formula is C25H21N3O2. The SMILES string of the molecule is CN1C(=O)C(C)(CNC(=O)c2ccccc2)c2nc3ccccc3c3cccc1c23. The third-order valence-corrected chi connectivity index (χ3v) is 6.00. The van der Waals surface area contributed by atoms with E-state index in [2.05, 4.69) is 17.4 Å². The van der Waals surface area contributed by atoms with Crippen LogP contribution < -0.4 is 10.2 Å². The minimum absolute atomic E-state index is 0.0846. The molecular weight excluding hydrogens is 374 g/mol. The molecule has 4 aromatic rings. The monoisotopic (exact) mass is 395 g/mol. The van der Waals surface area contributed by atoms with Gasteiger partial charge in [-0.15, -0.1) is 0 Å². The van der Waals surface area contributed by atoms with Crippen LogP contribution in [0.4, 0.5) is 5.69 Å². The van der Waals surface area contributed by atoms with Crippen LogP contribution in [-0.2, 0) is 10.2 Å². The summed E-state index contributed by atoms with van der Waals surface area (Å²) in [6, 6.07) is 23.0. The number of aromatic nitrogens is 1. The van der Waals surface area contributed by atoms with Crippen molar-refractivity contribution in [3.05, 3.63) is 84.1 Å². The van der Waals surface area contributed by atoms with Crippen LogP contribution in [0.3, 0.4) is 0 Å². The first-order valence-electron chi connectivity index (χ1n) is 9.94. The topological polar surface area (TPSA) is 62.3 Å². The van der Waals surface area contributed by atoms with Crippen molar-refractivity contribution in [2.75, 3.05) is 18.5 Å². The van der Waals surface area contributed by atoms with Crippen LogP contribution in [0.5, 0.6) is 0 Å². The molecule has 1 unspecified atom stereocenters. The summed E-state index contributed by atoms with van der Waals surface area (Å²) in [5.41, 5.74) is 1.99. The van der Waals surface area contributed by atoms with Gasteiger partial charge in [0.2, 0.25) is 5.91 Å². The number of likely N-dealkylation sites (N-methyl/N-ethyl adjacent to an activating group) is 1. The fraction of sp³-hybridized carbons (Fsp3) is 0.160. The third-order valence-electron chi connectivity index (χ3n) is 6.00. The van der Waals surface area contributed by atoms with E-state index < -0.39 is 5.41 Å². The van der Waals surface area contributed by atoms with Gasteiger partial charge in [-0.1, -0.05) is 48.5 Å². The molecule has 1 aliphatic heterocycles. The number of rotatable bonds is 3. The Morgan fingerprint density at radius 2 is 1.67 bits per heavy atom. The smallest absolute Gasteiger partial charge is 0.251 e. The van der Waals surface area contributed by atoms with E-state index in [1.165, 1.54) is 0 Å². The molecule has 3 aromatic carbocycles. The van der Waals surface area contributed by atoms with Gasteiger partial charge in [0.15, 0.2) is 0 Å². The molecule has 5 nitrogen and oxygen atoms in total. The number of carbonyl (C=O) groups is 2. The number of hydrogen-bond acceptors (Lipinski definition) is 3. The summed E-state index contributed by atoms with van der Waals surface area (Å²) in [7, 11) is 1.78. The number of carbonyl (C=O) groups excluding carboxylic acids is 2. The fourth-order valence-corrected chi connectivity index (χ4v) is 4.36. The predicted octanol–water partition coefficient (Wildman–Crippen LogP) is 4.05. The molecule has 1 aromatic heterocycles. The summed E-state index contributed by atoms with van der Waals surface area (Å²) in [6.07, 6.45) is 0. The highest BCUT2D eigenvalue weighted by atomic mass is 16.2. The van der Waals surface area contributed by atoms with Gasteiger partial charge in [0.1, 0.15) is 5.41 Å². The van der Waals surface area contributed by atoms with Gasteiger partial charge in [-0.2, -0.15) is 0 Å². The Bertz CT molecular complexity index is 1320. The summed E-state index contributed by atoms with van der Waals surface area (Å²) >= 11 is 0. The van der Waals surface area contributed by atoms with Crippen LogP contribution in [0.25, 0.3) is 21.7 Å². The predicted molar refractivity (Wildman–Crippen MR) is 119 cm³/mol. The van der Waals surface area contributed by atoms with Gasteiger partial charge in [0.05, 0.1) is 16.9 Å². The van der Waals surface area contributed by atoms with Gasteiger partial charge in [0, 0.05) is 29.9 Å². The lowest BCUT2D eigenvalue weighted by atomic mass is 9.78. The van der Waals surface area contributed by atoms with Gasteiger partial charge in [-0.25, -0.2) is 0 Å². The van der Waals surface area contributed by atoms with E-state index in [-0.39, 0.29) is 18.4 Å². The highest BCUT2D eigenvalue weighted by Crippen LogP contribution is 2.43. The average molecular weight is 395 g/mol.